The van der Waals surface area contributed by atoms with Gasteiger partial charge >= 0.3 is 11.7 Å². The smallest absolute Gasteiger partial charge is 0.327 e. The number of morpholine rings is 1. The van der Waals surface area contributed by atoms with Gasteiger partial charge in [0.15, 0.2) is 11.5 Å². The van der Waals surface area contributed by atoms with Gasteiger partial charge in [0.05, 0.1) is 19.8 Å². The van der Waals surface area contributed by atoms with Gasteiger partial charge in [-0.05, 0) is 24.6 Å². The van der Waals surface area contributed by atoms with Crippen LogP contribution in [0.2, 0.25) is 0 Å². The van der Waals surface area contributed by atoms with Crippen LogP contribution < -0.4 is 16.2 Å². The minimum atomic E-state index is -0.237. The van der Waals surface area contributed by atoms with Crippen LogP contribution in [0.25, 0.3) is 11.2 Å². The highest BCUT2D eigenvalue weighted by Gasteiger charge is 2.15. The van der Waals surface area contributed by atoms with Crippen molar-refractivity contribution in [3.63, 3.8) is 0 Å². The molecule has 36 heavy (non-hydrogen) atoms. The Hall–Kier alpha value is -3.37. The summed E-state index contributed by atoms with van der Waals surface area (Å²) in [4.78, 5) is 28.8. The van der Waals surface area contributed by atoms with E-state index in [1.807, 2.05) is 6.07 Å². The topological polar surface area (TPSA) is 115 Å². The lowest BCUT2D eigenvalue weighted by atomic mass is 10.2. The van der Waals surface area contributed by atoms with E-state index >= 15 is 0 Å². The molecule has 10 nitrogen and oxygen atoms in total. The number of nitrogen functional groups attached to an aromatic ring is 1. The van der Waals surface area contributed by atoms with Gasteiger partial charge < -0.3 is 25.1 Å². The number of aromatic nitrogens is 4. The lowest BCUT2D eigenvalue weighted by molar-refractivity contribution is 0.0592. The Morgan fingerprint density at radius 1 is 1.19 bits per heavy atom. The predicted octanol–water partition coefficient (Wildman–Crippen LogP) is 2.62. The molecule has 1 fully saturated rings. The summed E-state index contributed by atoms with van der Waals surface area (Å²) in [7, 11) is 0. The number of aryl methyl sites for hydroxylation is 1. The molecule has 3 heterocycles. The maximum atomic E-state index is 12.7. The van der Waals surface area contributed by atoms with E-state index < -0.39 is 0 Å². The van der Waals surface area contributed by atoms with Gasteiger partial charge in [0.25, 0.3) is 0 Å². The number of hydrogen-bond donors (Lipinski definition) is 2. The second-order valence-electron chi connectivity index (χ2n) is 8.98. The van der Waals surface area contributed by atoms with Gasteiger partial charge in [-0.1, -0.05) is 49.8 Å². The van der Waals surface area contributed by atoms with Gasteiger partial charge in [-0.3, -0.25) is 9.47 Å². The van der Waals surface area contributed by atoms with E-state index in [-0.39, 0.29) is 17.5 Å². The molecule has 0 aliphatic carbocycles. The molecule has 194 valence electrons. The number of imidazole rings is 1. The quantitative estimate of drug-likeness (QED) is 0.348. The Morgan fingerprint density at radius 2 is 2.00 bits per heavy atom. The van der Waals surface area contributed by atoms with Gasteiger partial charge in [-0.25, -0.2) is 4.79 Å². The number of aromatic amines is 1. The number of anilines is 1. The Morgan fingerprint density at radius 3 is 2.78 bits per heavy atom. The first-order valence-electron chi connectivity index (χ1n) is 12.8. The first kappa shape index (κ1) is 25.7. The molecule has 0 amide bonds. The Labute approximate surface area is 211 Å². The number of H-pyrrole nitrogens is 1. The minimum absolute atomic E-state index is 0.208. The summed E-state index contributed by atoms with van der Waals surface area (Å²) >= 11 is 0. The molecular formula is C26H37N7O3. The van der Waals surface area contributed by atoms with E-state index in [2.05, 4.69) is 68.2 Å². The summed E-state index contributed by atoms with van der Waals surface area (Å²) in [6.45, 7) is 8.99. The number of rotatable bonds is 13. The van der Waals surface area contributed by atoms with Crippen molar-refractivity contribution in [3.8, 4) is 6.01 Å². The minimum Gasteiger partial charge on any atom is -0.463 e. The molecular weight excluding hydrogens is 458 g/mol. The highest BCUT2D eigenvalue weighted by molar-refractivity contribution is 5.81. The Bertz CT molecular complexity index is 1170. The lowest BCUT2D eigenvalue weighted by Crippen LogP contribution is -2.32. The number of unbranched alkanes of at least 4 members (excludes halogenated alkanes) is 1. The number of nitrogens with two attached hydrogens (primary N) is 1. The monoisotopic (exact) mass is 495 g/mol. The van der Waals surface area contributed by atoms with Crippen LogP contribution in [0, 0.1) is 0 Å². The summed E-state index contributed by atoms with van der Waals surface area (Å²) in [5.41, 5.74) is 8.05. The molecule has 0 bridgehead atoms. The molecule has 1 saturated heterocycles. The van der Waals surface area contributed by atoms with Crippen molar-refractivity contribution in [2.45, 2.75) is 39.3 Å². The van der Waals surface area contributed by atoms with Crippen molar-refractivity contribution in [2.75, 3.05) is 51.7 Å². The van der Waals surface area contributed by atoms with Crippen molar-refractivity contribution in [1.29, 1.82) is 0 Å². The average Bonchev–Trinajstić information content (AvgIpc) is 3.21. The van der Waals surface area contributed by atoms with E-state index in [9.17, 15) is 4.79 Å². The maximum Gasteiger partial charge on any atom is 0.327 e. The van der Waals surface area contributed by atoms with Crippen molar-refractivity contribution in [1.82, 2.24) is 29.3 Å². The molecule has 4 rings (SSSR count). The number of nitrogens with zero attached hydrogens (tertiary/aromatic N) is 5. The highest BCUT2D eigenvalue weighted by Crippen LogP contribution is 2.18. The summed E-state index contributed by atoms with van der Waals surface area (Å²) in [6, 6.07) is 10.6. The molecule has 0 atom stereocenters. The zero-order valence-electron chi connectivity index (χ0n) is 21.1. The van der Waals surface area contributed by atoms with E-state index in [0.717, 1.165) is 65.2 Å². The van der Waals surface area contributed by atoms with Crippen LogP contribution in [-0.2, 0) is 17.8 Å². The summed E-state index contributed by atoms with van der Waals surface area (Å²) in [5, 5.41) is 0. The second kappa shape index (κ2) is 13.1. The molecule has 1 aliphatic rings. The molecule has 0 saturated carbocycles. The summed E-state index contributed by atoms with van der Waals surface area (Å²) in [6.07, 6.45) is 7.07. The molecule has 0 radical (unpaired) electrons. The number of benzene rings is 1. The number of ether oxygens (including phenoxy) is 2. The van der Waals surface area contributed by atoms with Crippen LogP contribution in [0.3, 0.4) is 0 Å². The molecule has 0 unspecified atom stereocenters. The predicted molar refractivity (Wildman–Crippen MR) is 141 cm³/mol. The Balaban J connectivity index is 1.42. The third kappa shape index (κ3) is 7.08. The zero-order chi connectivity index (χ0) is 25.2. The van der Waals surface area contributed by atoms with Crippen molar-refractivity contribution >= 4 is 17.0 Å². The molecule has 3 N–H and O–H groups in total. The summed E-state index contributed by atoms with van der Waals surface area (Å²) < 4.78 is 12.7. The van der Waals surface area contributed by atoms with Crippen molar-refractivity contribution in [3.05, 3.63) is 58.7 Å². The van der Waals surface area contributed by atoms with E-state index in [1.165, 1.54) is 5.56 Å². The van der Waals surface area contributed by atoms with Gasteiger partial charge in [0, 0.05) is 39.3 Å². The fourth-order valence-corrected chi connectivity index (χ4v) is 4.21. The first-order chi connectivity index (χ1) is 17.6. The zero-order valence-corrected chi connectivity index (χ0v) is 21.1. The standard InChI is InChI=1S/C26H37N7O3/c1-2-3-17-36-25-29-23(27)22-24(30-25)33(26(34)28-22)14-8-13-32(20-21-9-5-4-6-10-21)12-7-11-31-15-18-35-19-16-31/h4-7,9-11H,2-3,8,12-20H2,1H3,(H,28,34)(H2,27,29,30)/b11-7+. The highest BCUT2D eigenvalue weighted by atomic mass is 16.5. The van der Waals surface area contributed by atoms with E-state index in [1.54, 1.807) is 4.57 Å². The number of hydrogen-bond acceptors (Lipinski definition) is 8. The van der Waals surface area contributed by atoms with Gasteiger partial charge in [-0.2, -0.15) is 9.97 Å². The van der Waals surface area contributed by atoms with Crippen LogP contribution in [-0.4, -0.2) is 75.3 Å². The summed E-state index contributed by atoms with van der Waals surface area (Å²) in [5.74, 6) is 0.223. The van der Waals surface area contributed by atoms with Crippen LogP contribution >= 0.6 is 0 Å². The van der Waals surface area contributed by atoms with E-state index in [4.69, 9.17) is 15.2 Å². The molecule has 0 spiro atoms. The van der Waals surface area contributed by atoms with Gasteiger partial charge in [0.2, 0.25) is 0 Å². The first-order valence-corrected chi connectivity index (χ1v) is 12.8. The van der Waals surface area contributed by atoms with E-state index in [0.29, 0.717) is 24.3 Å². The van der Waals surface area contributed by atoms with Gasteiger partial charge in [0.1, 0.15) is 5.52 Å². The number of fused-ring (bicyclic) bond motifs is 1. The third-order valence-corrected chi connectivity index (χ3v) is 6.19. The molecule has 10 heteroatoms. The van der Waals surface area contributed by atoms with Crippen molar-refractivity contribution < 1.29 is 9.47 Å². The second-order valence-corrected chi connectivity index (χ2v) is 8.98. The molecule has 3 aromatic rings. The maximum absolute atomic E-state index is 12.7. The van der Waals surface area contributed by atoms with Gasteiger partial charge in [-0.15, -0.1) is 0 Å². The lowest BCUT2D eigenvalue weighted by Gasteiger charge is -2.26. The number of nitrogens with one attached hydrogen (secondary N) is 1. The largest absolute Gasteiger partial charge is 0.463 e. The van der Waals surface area contributed by atoms with Crippen LogP contribution in [0.4, 0.5) is 5.82 Å². The molecule has 1 aliphatic heterocycles. The molecule has 2 aromatic heterocycles. The third-order valence-electron chi connectivity index (χ3n) is 6.19. The fourth-order valence-electron chi connectivity index (χ4n) is 4.21. The fraction of sp³-hybridized carbons (Fsp3) is 0.500. The Kier molecular flexibility index (Phi) is 9.34. The average molecular weight is 496 g/mol. The molecule has 1 aromatic carbocycles. The van der Waals surface area contributed by atoms with Crippen molar-refractivity contribution in [2.24, 2.45) is 0 Å². The van der Waals surface area contributed by atoms with Crippen LogP contribution in [0.15, 0.2) is 47.4 Å². The normalized spacial score (nSPS) is 14.3. The van der Waals surface area contributed by atoms with Crippen LogP contribution in [0.5, 0.6) is 6.01 Å². The van der Waals surface area contributed by atoms with Crippen LogP contribution in [0.1, 0.15) is 31.7 Å². The SMILES string of the molecule is CCCCOc1nc(N)c2[nH]c(=O)n(CCCN(C/C=C/N3CCOCC3)Cc3ccccc3)c2n1.